The van der Waals surface area contributed by atoms with Crippen molar-refractivity contribution in [3.05, 3.63) is 23.8 Å². The Hall–Kier alpha value is -1.27. The maximum atomic E-state index is 12.1. The molecule has 6 heteroatoms. The van der Waals surface area contributed by atoms with Gasteiger partial charge in [0.15, 0.2) is 11.5 Å². The molecule has 134 valence electrons. The van der Waals surface area contributed by atoms with E-state index in [1.165, 1.54) is 0 Å². The van der Waals surface area contributed by atoms with Crippen LogP contribution >= 0.6 is 0 Å². The second kappa shape index (κ2) is 6.92. The predicted molar refractivity (Wildman–Crippen MR) is 94.1 cm³/mol. The fraction of sp³-hybridized carbons (Fsp3) is 0.667. The SMILES string of the molecule is CC1(C)Cc2cccc(OCCCS(=O)(=O)NC3CCCC3)c2O1. The molecule has 0 saturated heterocycles. The minimum absolute atomic E-state index is 0.102. The van der Waals surface area contributed by atoms with Gasteiger partial charge in [0.2, 0.25) is 10.0 Å². The number of rotatable bonds is 7. The lowest BCUT2D eigenvalue weighted by molar-refractivity contribution is 0.132. The zero-order chi connectivity index (χ0) is 17.2. The zero-order valence-electron chi connectivity index (χ0n) is 14.5. The third-order valence-electron chi connectivity index (χ3n) is 4.57. The average molecular weight is 353 g/mol. The average Bonchev–Trinajstić information content (AvgIpc) is 3.08. The molecule has 0 aromatic heterocycles. The van der Waals surface area contributed by atoms with E-state index in [0.29, 0.717) is 18.8 Å². The number of sulfonamides is 1. The van der Waals surface area contributed by atoms with Crippen molar-refractivity contribution in [2.75, 3.05) is 12.4 Å². The van der Waals surface area contributed by atoms with E-state index in [1.807, 2.05) is 18.2 Å². The second-order valence-corrected chi connectivity index (χ2v) is 9.28. The molecule has 5 nitrogen and oxygen atoms in total. The highest BCUT2D eigenvalue weighted by atomic mass is 32.2. The van der Waals surface area contributed by atoms with Crippen LogP contribution in [0.2, 0.25) is 0 Å². The number of hydrogen-bond acceptors (Lipinski definition) is 4. The van der Waals surface area contributed by atoms with Gasteiger partial charge in [-0.2, -0.15) is 0 Å². The van der Waals surface area contributed by atoms with Crippen molar-refractivity contribution in [1.29, 1.82) is 0 Å². The van der Waals surface area contributed by atoms with E-state index in [0.717, 1.165) is 43.4 Å². The van der Waals surface area contributed by atoms with Crippen LogP contribution in [0.1, 0.15) is 51.5 Å². The summed E-state index contributed by atoms with van der Waals surface area (Å²) in [6.45, 7) is 4.47. The molecule has 0 spiro atoms. The smallest absolute Gasteiger partial charge is 0.211 e. The summed E-state index contributed by atoms with van der Waals surface area (Å²) in [5, 5.41) is 0. The monoisotopic (exact) mass is 353 g/mol. The lowest BCUT2D eigenvalue weighted by atomic mass is 10.0. The van der Waals surface area contributed by atoms with Gasteiger partial charge in [-0.25, -0.2) is 13.1 Å². The highest BCUT2D eigenvalue weighted by Crippen LogP contribution is 2.41. The summed E-state index contributed by atoms with van der Waals surface area (Å²) >= 11 is 0. The van der Waals surface area contributed by atoms with Gasteiger partial charge in [0.1, 0.15) is 5.60 Å². The van der Waals surface area contributed by atoms with Gasteiger partial charge in [-0.05, 0) is 39.2 Å². The maximum absolute atomic E-state index is 12.1. The van der Waals surface area contributed by atoms with E-state index in [9.17, 15) is 8.42 Å². The molecule has 0 radical (unpaired) electrons. The molecule has 1 N–H and O–H groups in total. The first-order valence-electron chi connectivity index (χ1n) is 8.78. The van der Waals surface area contributed by atoms with Crippen LogP contribution < -0.4 is 14.2 Å². The van der Waals surface area contributed by atoms with Crippen molar-refractivity contribution in [3.8, 4) is 11.5 Å². The predicted octanol–water partition coefficient (Wildman–Crippen LogP) is 3.03. The molecule has 0 unspecified atom stereocenters. The number of nitrogens with one attached hydrogen (secondary N) is 1. The molecule has 0 atom stereocenters. The fourth-order valence-corrected chi connectivity index (χ4v) is 4.85. The molecule has 3 rings (SSSR count). The number of fused-ring (bicyclic) bond motifs is 1. The quantitative estimate of drug-likeness (QED) is 0.765. The van der Waals surface area contributed by atoms with Crippen molar-refractivity contribution >= 4 is 10.0 Å². The lowest BCUT2D eigenvalue weighted by Gasteiger charge is -2.18. The topological polar surface area (TPSA) is 64.6 Å². The van der Waals surface area contributed by atoms with Gasteiger partial charge in [-0.3, -0.25) is 0 Å². The Kier molecular flexibility index (Phi) is 5.06. The molecule has 1 aliphatic carbocycles. The van der Waals surface area contributed by atoms with Crippen molar-refractivity contribution in [1.82, 2.24) is 4.72 Å². The van der Waals surface area contributed by atoms with Gasteiger partial charge < -0.3 is 9.47 Å². The molecule has 0 amide bonds. The Bertz CT molecular complexity index is 678. The van der Waals surface area contributed by atoms with Crippen LogP contribution in [0.4, 0.5) is 0 Å². The molecule has 1 fully saturated rings. The summed E-state index contributed by atoms with van der Waals surface area (Å²) in [5.41, 5.74) is 0.934. The van der Waals surface area contributed by atoms with E-state index in [4.69, 9.17) is 9.47 Å². The first-order valence-corrected chi connectivity index (χ1v) is 10.4. The van der Waals surface area contributed by atoms with E-state index < -0.39 is 10.0 Å². The van der Waals surface area contributed by atoms with Crippen LogP contribution in [-0.4, -0.2) is 32.4 Å². The highest BCUT2D eigenvalue weighted by Gasteiger charge is 2.32. The van der Waals surface area contributed by atoms with E-state index in [1.54, 1.807) is 0 Å². The normalized spacial score (nSPS) is 19.9. The Morgan fingerprint density at radius 2 is 2.04 bits per heavy atom. The lowest BCUT2D eigenvalue weighted by Crippen LogP contribution is -2.34. The Morgan fingerprint density at radius 1 is 1.29 bits per heavy atom. The first kappa shape index (κ1) is 17.5. The van der Waals surface area contributed by atoms with Crippen LogP contribution in [0.15, 0.2) is 18.2 Å². The van der Waals surface area contributed by atoms with Crippen molar-refractivity contribution < 1.29 is 17.9 Å². The minimum atomic E-state index is -3.21. The van der Waals surface area contributed by atoms with Crippen molar-refractivity contribution in [3.63, 3.8) is 0 Å². The summed E-state index contributed by atoms with van der Waals surface area (Å²) in [5.74, 6) is 1.61. The fourth-order valence-electron chi connectivity index (χ4n) is 3.49. The summed E-state index contributed by atoms with van der Waals surface area (Å²) in [4.78, 5) is 0. The van der Waals surface area contributed by atoms with Gasteiger partial charge in [-0.1, -0.05) is 25.0 Å². The minimum Gasteiger partial charge on any atom is -0.490 e. The van der Waals surface area contributed by atoms with E-state index >= 15 is 0 Å². The molecule has 1 aromatic carbocycles. The number of para-hydroxylation sites is 1. The van der Waals surface area contributed by atoms with Gasteiger partial charge in [0.05, 0.1) is 12.4 Å². The van der Waals surface area contributed by atoms with Crippen LogP contribution in [0.3, 0.4) is 0 Å². The van der Waals surface area contributed by atoms with E-state index in [-0.39, 0.29) is 17.4 Å². The number of ether oxygens (including phenoxy) is 2. The molecule has 1 aliphatic heterocycles. The standard InChI is InChI=1S/C18H27NO4S/c1-18(2)13-14-7-5-10-16(17(14)23-18)22-11-6-12-24(20,21)19-15-8-3-4-9-15/h5,7,10,15,19H,3-4,6,8-9,11-13H2,1-2H3. The third kappa shape index (κ3) is 4.42. The molecule has 1 heterocycles. The molecule has 2 aliphatic rings. The summed E-state index contributed by atoms with van der Waals surface area (Å²) in [6.07, 6.45) is 5.48. The second-order valence-electron chi connectivity index (χ2n) is 7.40. The largest absolute Gasteiger partial charge is 0.490 e. The van der Waals surface area contributed by atoms with E-state index in [2.05, 4.69) is 18.6 Å². The zero-order valence-corrected chi connectivity index (χ0v) is 15.3. The number of hydrogen-bond donors (Lipinski definition) is 1. The Morgan fingerprint density at radius 3 is 2.79 bits per heavy atom. The summed E-state index contributed by atoms with van der Waals surface area (Å²) in [6, 6.07) is 6.01. The van der Waals surface area contributed by atoms with Crippen molar-refractivity contribution in [2.45, 2.75) is 64.0 Å². The van der Waals surface area contributed by atoms with Crippen LogP contribution in [0, 0.1) is 0 Å². The highest BCUT2D eigenvalue weighted by molar-refractivity contribution is 7.89. The van der Waals surface area contributed by atoms with Crippen LogP contribution in [-0.2, 0) is 16.4 Å². The Labute approximate surface area is 144 Å². The molecular weight excluding hydrogens is 326 g/mol. The number of benzene rings is 1. The summed E-state index contributed by atoms with van der Waals surface area (Å²) < 4.78 is 38.7. The van der Waals surface area contributed by atoms with Gasteiger partial charge in [0, 0.05) is 18.0 Å². The summed E-state index contributed by atoms with van der Waals surface area (Å²) in [7, 11) is -3.21. The van der Waals surface area contributed by atoms with Crippen LogP contribution in [0.5, 0.6) is 11.5 Å². The molecule has 24 heavy (non-hydrogen) atoms. The van der Waals surface area contributed by atoms with Crippen LogP contribution in [0.25, 0.3) is 0 Å². The van der Waals surface area contributed by atoms with Crippen molar-refractivity contribution in [2.24, 2.45) is 0 Å². The third-order valence-corrected chi connectivity index (χ3v) is 6.09. The molecular formula is C18H27NO4S. The first-order chi connectivity index (χ1) is 11.3. The molecule has 1 aromatic rings. The van der Waals surface area contributed by atoms with Gasteiger partial charge >= 0.3 is 0 Å². The molecule has 1 saturated carbocycles. The molecule has 0 bridgehead atoms. The maximum Gasteiger partial charge on any atom is 0.211 e. The van der Waals surface area contributed by atoms with Gasteiger partial charge in [-0.15, -0.1) is 0 Å². The Balaban J connectivity index is 1.48. The van der Waals surface area contributed by atoms with Gasteiger partial charge in [0.25, 0.3) is 0 Å².